The number of esters is 1. The lowest BCUT2D eigenvalue weighted by Gasteiger charge is -2.15. The van der Waals surface area contributed by atoms with Crippen molar-refractivity contribution >= 4 is 17.3 Å². The summed E-state index contributed by atoms with van der Waals surface area (Å²) >= 11 is 0. The van der Waals surface area contributed by atoms with Crippen LogP contribution in [0.25, 0.3) is 5.57 Å². The summed E-state index contributed by atoms with van der Waals surface area (Å²) in [5.74, 6) is 0.958. The molecule has 0 N–H and O–H groups in total. The monoisotopic (exact) mass is 434 g/mol. The van der Waals surface area contributed by atoms with E-state index in [-0.39, 0.29) is 11.7 Å². The zero-order valence-corrected chi connectivity index (χ0v) is 19.2. The zero-order valence-electron chi connectivity index (χ0n) is 19.2. The highest BCUT2D eigenvalue weighted by molar-refractivity contribution is 6.25. The molecule has 168 valence electrons. The predicted octanol–water partition coefficient (Wildman–Crippen LogP) is 5.20. The summed E-state index contributed by atoms with van der Waals surface area (Å²) in [6.45, 7) is 7.51. The van der Waals surface area contributed by atoms with E-state index in [0.717, 1.165) is 41.7 Å². The maximum Gasteiger partial charge on any atom is 0.343 e. The van der Waals surface area contributed by atoms with Crippen LogP contribution in [0.15, 0.2) is 42.2 Å². The first-order valence-corrected chi connectivity index (χ1v) is 11.2. The van der Waals surface area contributed by atoms with Crippen molar-refractivity contribution in [2.45, 2.75) is 40.0 Å². The summed E-state index contributed by atoms with van der Waals surface area (Å²) in [5, 5.41) is 0. The number of hydrogen-bond donors (Lipinski definition) is 0. The van der Waals surface area contributed by atoms with Gasteiger partial charge in [0.2, 0.25) is 0 Å². The Balaban J connectivity index is 1.68. The van der Waals surface area contributed by atoms with Crippen LogP contribution in [0.3, 0.4) is 0 Å². The Bertz CT molecular complexity index is 1030. The molecule has 1 aliphatic carbocycles. The molecule has 2 aliphatic rings. The molecular weight excluding hydrogens is 404 g/mol. The van der Waals surface area contributed by atoms with Gasteiger partial charge in [0, 0.05) is 25.6 Å². The van der Waals surface area contributed by atoms with Gasteiger partial charge in [0.25, 0.3) is 0 Å². The van der Waals surface area contributed by atoms with Gasteiger partial charge in [0.05, 0.1) is 18.2 Å². The van der Waals surface area contributed by atoms with Crippen molar-refractivity contribution < 1.29 is 23.8 Å². The summed E-state index contributed by atoms with van der Waals surface area (Å²) in [6, 6.07) is 10.9. The van der Waals surface area contributed by atoms with Gasteiger partial charge in [-0.3, -0.25) is 4.79 Å². The Kier molecular flexibility index (Phi) is 6.47. The fraction of sp³-hybridized carbons (Fsp3) is 0.407. The van der Waals surface area contributed by atoms with Gasteiger partial charge in [-0.2, -0.15) is 0 Å². The first-order chi connectivity index (χ1) is 15.4. The molecule has 4 rings (SSSR count). The molecule has 5 heteroatoms. The molecule has 32 heavy (non-hydrogen) atoms. The molecule has 0 radical (unpaired) electrons. The van der Waals surface area contributed by atoms with Gasteiger partial charge >= 0.3 is 5.97 Å². The van der Waals surface area contributed by atoms with Gasteiger partial charge in [0.15, 0.2) is 5.78 Å². The fourth-order valence-corrected chi connectivity index (χ4v) is 4.95. The van der Waals surface area contributed by atoms with Crippen LogP contribution >= 0.6 is 0 Å². The first kappa shape index (κ1) is 22.3. The number of rotatable bonds is 6. The van der Waals surface area contributed by atoms with Crippen LogP contribution < -0.4 is 4.74 Å². The summed E-state index contributed by atoms with van der Waals surface area (Å²) in [6.07, 6.45) is 2.18. The first-order valence-electron chi connectivity index (χ1n) is 11.2. The number of allylic oxidation sites excluding steroid dienone is 2. The Morgan fingerprint density at radius 2 is 1.78 bits per heavy atom. The number of carbonyl (C=O) groups excluding carboxylic acids is 2. The molecular formula is C27H30O5. The smallest absolute Gasteiger partial charge is 0.343 e. The molecule has 2 atom stereocenters. The number of ketones is 1. The van der Waals surface area contributed by atoms with Gasteiger partial charge in [-0.1, -0.05) is 17.7 Å². The van der Waals surface area contributed by atoms with Crippen LogP contribution in [0.4, 0.5) is 0 Å². The van der Waals surface area contributed by atoms with Crippen LogP contribution in [0.5, 0.6) is 5.75 Å². The number of benzene rings is 2. The lowest BCUT2D eigenvalue weighted by Crippen LogP contribution is -2.15. The van der Waals surface area contributed by atoms with Gasteiger partial charge in [-0.25, -0.2) is 4.79 Å². The number of hydrogen-bond acceptors (Lipinski definition) is 5. The minimum absolute atomic E-state index is 0.0736. The number of aryl methyl sites for hydroxylation is 3. The van der Waals surface area contributed by atoms with Crippen molar-refractivity contribution in [3.8, 4) is 5.75 Å². The lowest BCUT2D eigenvalue weighted by atomic mass is 9.87. The largest absolute Gasteiger partial charge is 0.497 e. The second kappa shape index (κ2) is 9.29. The second-order valence-electron chi connectivity index (χ2n) is 8.92. The van der Waals surface area contributed by atoms with E-state index in [9.17, 15) is 9.59 Å². The molecule has 1 fully saturated rings. The topological polar surface area (TPSA) is 61.8 Å². The van der Waals surface area contributed by atoms with Crippen molar-refractivity contribution in [3.63, 3.8) is 0 Å². The molecule has 0 bridgehead atoms. The molecule has 1 saturated heterocycles. The van der Waals surface area contributed by atoms with Crippen molar-refractivity contribution in [1.29, 1.82) is 0 Å². The van der Waals surface area contributed by atoms with Crippen LogP contribution in [-0.2, 0) is 14.3 Å². The van der Waals surface area contributed by atoms with Gasteiger partial charge < -0.3 is 14.2 Å². The Hall–Kier alpha value is -2.92. The standard InChI is InChI=1S/C27H30O5/c1-16-11-17(2)24(18(3)12-16)25-23(14-21(26(25)28)13-19-9-10-31-15-19)32-27(29)20-5-7-22(30-4)8-6-20/h5-8,11-12,19,21H,9-10,13-15H2,1-4H3. The Morgan fingerprint density at radius 3 is 2.38 bits per heavy atom. The molecule has 0 saturated carbocycles. The maximum atomic E-state index is 13.6. The van der Waals surface area contributed by atoms with E-state index >= 15 is 0 Å². The number of Topliss-reactive ketones (excluding diaryl/α,β-unsaturated/α-hetero) is 1. The van der Waals surface area contributed by atoms with E-state index < -0.39 is 5.97 Å². The van der Waals surface area contributed by atoms with Crippen molar-refractivity contribution in [1.82, 2.24) is 0 Å². The molecule has 1 heterocycles. The van der Waals surface area contributed by atoms with Crippen LogP contribution in [-0.4, -0.2) is 32.1 Å². The molecule has 0 aromatic heterocycles. The zero-order chi connectivity index (χ0) is 22.8. The minimum atomic E-state index is -0.458. The van der Waals surface area contributed by atoms with Gasteiger partial charge in [-0.05, 0) is 80.5 Å². The van der Waals surface area contributed by atoms with Gasteiger partial charge in [0.1, 0.15) is 11.5 Å². The van der Waals surface area contributed by atoms with E-state index in [1.54, 1.807) is 31.4 Å². The normalized spacial score (nSPS) is 20.7. The molecule has 0 amide bonds. The highest BCUT2D eigenvalue weighted by Gasteiger charge is 2.39. The summed E-state index contributed by atoms with van der Waals surface area (Å²) in [7, 11) is 1.58. The molecule has 2 unspecified atom stereocenters. The van der Waals surface area contributed by atoms with Crippen molar-refractivity contribution in [3.05, 3.63) is 70.0 Å². The lowest BCUT2D eigenvalue weighted by molar-refractivity contribution is -0.117. The van der Waals surface area contributed by atoms with Crippen LogP contribution in [0, 0.1) is 32.6 Å². The summed E-state index contributed by atoms with van der Waals surface area (Å²) < 4.78 is 16.6. The second-order valence-corrected chi connectivity index (χ2v) is 8.92. The predicted molar refractivity (Wildman–Crippen MR) is 123 cm³/mol. The van der Waals surface area contributed by atoms with E-state index in [2.05, 4.69) is 12.1 Å². The average molecular weight is 435 g/mol. The van der Waals surface area contributed by atoms with E-state index in [1.165, 1.54) is 0 Å². The quantitative estimate of drug-likeness (QED) is 0.585. The highest BCUT2D eigenvalue weighted by atomic mass is 16.5. The van der Waals surface area contributed by atoms with E-state index in [4.69, 9.17) is 14.2 Å². The molecule has 2 aromatic carbocycles. The molecule has 2 aromatic rings. The minimum Gasteiger partial charge on any atom is -0.497 e. The summed E-state index contributed by atoms with van der Waals surface area (Å²) in [5.41, 5.74) is 5.07. The third kappa shape index (κ3) is 4.49. The third-order valence-electron chi connectivity index (χ3n) is 6.44. The summed E-state index contributed by atoms with van der Waals surface area (Å²) in [4.78, 5) is 26.5. The van der Waals surface area contributed by atoms with Crippen molar-refractivity contribution in [2.24, 2.45) is 11.8 Å². The number of methoxy groups -OCH3 is 1. The SMILES string of the molecule is COc1ccc(C(=O)OC2=C(c3c(C)cc(C)cc3C)C(=O)C(CC3CCOC3)C2)cc1. The molecule has 5 nitrogen and oxygen atoms in total. The Labute approximate surface area is 189 Å². The van der Waals surface area contributed by atoms with E-state index in [1.807, 2.05) is 20.8 Å². The maximum absolute atomic E-state index is 13.6. The van der Waals surface area contributed by atoms with E-state index in [0.29, 0.717) is 41.6 Å². The fourth-order valence-electron chi connectivity index (χ4n) is 4.95. The number of carbonyl (C=O) groups is 2. The van der Waals surface area contributed by atoms with Crippen molar-refractivity contribution in [2.75, 3.05) is 20.3 Å². The van der Waals surface area contributed by atoms with Gasteiger partial charge in [-0.15, -0.1) is 0 Å². The molecule has 1 aliphatic heterocycles. The Morgan fingerprint density at radius 1 is 1.09 bits per heavy atom. The highest BCUT2D eigenvalue weighted by Crippen LogP contribution is 2.42. The number of ether oxygens (including phenoxy) is 3. The average Bonchev–Trinajstić information content (AvgIpc) is 3.37. The third-order valence-corrected chi connectivity index (χ3v) is 6.44. The van der Waals surface area contributed by atoms with Crippen LogP contribution in [0.2, 0.25) is 0 Å². The van der Waals surface area contributed by atoms with Crippen LogP contribution in [0.1, 0.15) is 51.9 Å². The molecule has 0 spiro atoms.